The Kier molecular flexibility index (Phi) is 41.2. The molecule has 3 aliphatic rings. The Labute approximate surface area is 722 Å². The molecule has 0 aliphatic carbocycles. The molecular formula is C81H121N23O21. The summed E-state index contributed by atoms with van der Waals surface area (Å²) in [5.74, 6) is -13.6. The number of hydrogen-bond donors (Lipinski definition) is 21. The number of aromatic nitrogens is 3. The maximum atomic E-state index is 15.2. The van der Waals surface area contributed by atoms with Crippen molar-refractivity contribution in [2.45, 2.75) is 177 Å². The molecule has 9 atom stereocenters. The van der Waals surface area contributed by atoms with E-state index in [4.69, 9.17) is 17.2 Å². The van der Waals surface area contributed by atoms with E-state index >= 15 is 9.59 Å². The second-order valence-electron chi connectivity index (χ2n) is 31.7. The van der Waals surface area contributed by atoms with Crippen molar-refractivity contribution in [3.63, 3.8) is 0 Å². The SMILES string of the molecule is CC(C)C[C@H](NC(=O)[C@@H](CCCCNC(=O)CCCCCNC(=O)CN1CCN(CC(=O)O)CCN(CC(=O)O)CCN(CC(=O)O)CC1)NC(=O)[C@H](Cc1ccc(O)cc1)NC(=O)[C@H](CO)NC(=O)[C@H](Cc1c[nH]c2ccccc12)NC(=O)[C@H](Cc1cnc[nH]1)NC(=O)[C@@H]1CCC(=O)N1)C(=O)N[C@@H](CCCN=C(N)N)C(=O)N1CCC[C@H]1C(=O)NCC(N)=O. The molecule has 3 fully saturated rings. The number of phenolic OH excluding ortho intramolecular Hbond substituents is 1. The van der Waals surface area contributed by atoms with Gasteiger partial charge in [-0.3, -0.25) is 101 Å². The fraction of sp³-hybridized carbons (Fsp3) is 0.580. The fourth-order valence-electron chi connectivity index (χ4n) is 14.7. The summed E-state index contributed by atoms with van der Waals surface area (Å²) >= 11 is 0. The molecule has 7 rings (SSSR count). The summed E-state index contributed by atoms with van der Waals surface area (Å²) in [6.07, 6.45) is 6.14. The van der Waals surface area contributed by atoms with Crippen LogP contribution < -0.4 is 75.7 Å². The summed E-state index contributed by atoms with van der Waals surface area (Å²) in [6.45, 7) is 3.08. The second-order valence-corrected chi connectivity index (χ2v) is 31.7. The van der Waals surface area contributed by atoms with Gasteiger partial charge in [-0.15, -0.1) is 0 Å². The van der Waals surface area contributed by atoms with Crippen molar-refractivity contribution in [2.24, 2.45) is 28.1 Å². The summed E-state index contributed by atoms with van der Waals surface area (Å²) in [7, 11) is 0. The van der Waals surface area contributed by atoms with Gasteiger partial charge >= 0.3 is 17.9 Å². The molecule has 125 heavy (non-hydrogen) atoms. The van der Waals surface area contributed by atoms with E-state index in [0.29, 0.717) is 53.4 Å². The number of likely N-dealkylation sites (tertiary alicyclic amines) is 1. The van der Waals surface area contributed by atoms with E-state index in [1.165, 1.54) is 41.7 Å². The Hall–Kier alpha value is -12.4. The Morgan fingerprint density at radius 1 is 0.544 bits per heavy atom. The van der Waals surface area contributed by atoms with Crippen molar-refractivity contribution in [1.29, 1.82) is 0 Å². The zero-order chi connectivity index (χ0) is 91.1. The number of hydrogen-bond acceptors (Lipinski definition) is 24. The molecule has 5 heterocycles. The number of rotatable bonds is 50. The molecule has 24 N–H and O–H groups in total. The van der Waals surface area contributed by atoms with Crippen LogP contribution in [0.5, 0.6) is 5.75 Å². The number of aromatic hydroxyl groups is 1. The molecule has 13 amide bonds. The Bertz CT molecular complexity index is 4300. The second kappa shape index (κ2) is 51.6. The number of benzene rings is 2. The van der Waals surface area contributed by atoms with E-state index in [-0.39, 0.29) is 224 Å². The maximum Gasteiger partial charge on any atom is 0.317 e. The van der Waals surface area contributed by atoms with Crippen molar-refractivity contribution in [3.05, 3.63) is 84.1 Å². The number of carboxylic acid groups (broad SMARTS) is 3. The number of aliphatic hydroxyl groups excluding tert-OH is 1. The normalized spacial score (nSPS) is 17.2. The fourth-order valence-corrected chi connectivity index (χ4v) is 14.7. The van der Waals surface area contributed by atoms with Gasteiger partial charge in [-0.25, -0.2) is 4.98 Å². The van der Waals surface area contributed by atoms with Crippen LogP contribution in [-0.2, 0) is 96.0 Å². The molecule has 4 aromatic rings. The van der Waals surface area contributed by atoms with E-state index in [1.807, 2.05) is 0 Å². The number of amides is 13. The third kappa shape index (κ3) is 35.4. The molecule has 44 heteroatoms. The first-order chi connectivity index (χ1) is 59.7. The van der Waals surface area contributed by atoms with Crippen LogP contribution in [0.15, 0.2) is 72.2 Å². The number of aliphatic imine (C=N–C) groups is 1. The van der Waals surface area contributed by atoms with Crippen molar-refractivity contribution >= 4 is 112 Å². The minimum Gasteiger partial charge on any atom is -0.508 e. The molecule has 0 spiro atoms. The standard InChI is InChI=1S/C81H121N23O21/c1-49(2)36-59(74(119)94-58(15-10-26-88-81(83)84)80(125)104-27-11-16-64(104)79(124)90-42-65(82)107)95-72(117)56(14-7-9-25-86-66(108)17-4-3-8-24-87-68(110)43-100-28-30-101(44-69(111)112)32-34-103(46-71(115)116)35-33-102(31-29-100)45-70(113)114)93-75(120)60(37-50-18-20-53(106)21-19-50)96-78(123)63(47-105)99-76(121)61(38-51-40-89-55-13-6-5-12-54(51)55)97-77(122)62(39-52-41-85-48-91-52)98-73(118)57-22-23-67(109)92-57/h5-6,12-13,18-21,40-41,48-49,56-64,89,105-106H,3-4,7-11,14-17,22-39,42-47H2,1-2H3,(H2,82,107)(H,85,91)(H,86,108)(H,87,110)(H,90,124)(H,92,109)(H,93,120)(H,94,119)(H,95,117)(H,96,123)(H,97,122)(H,98,118)(H,99,121)(H,111,112)(H,113,114)(H,115,116)(H4,83,84,88)/t56-,57+,58+,59+,60+,61+,62+,63+,64+/m1/s1. The number of fused-ring (bicyclic) bond motifs is 1. The first kappa shape index (κ1) is 99.7. The molecule has 0 radical (unpaired) electrons. The van der Waals surface area contributed by atoms with Crippen LogP contribution in [0.3, 0.4) is 0 Å². The van der Waals surface area contributed by atoms with Crippen LogP contribution in [0, 0.1) is 5.92 Å². The number of imidazole rings is 1. The smallest absolute Gasteiger partial charge is 0.317 e. The Morgan fingerprint density at radius 3 is 1.64 bits per heavy atom. The minimum absolute atomic E-state index is 0.0258. The topological polar surface area (TPSA) is 658 Å². The Balaban J connectivity index is 1.07. The van der Waals surface area contributed by atoms with Gasteiger partial charge in [0.1, 0.15) is 60.1 Å². The number of aromatic amines is 2. The van der Waals surface area contributed by atoms with Gasteiger partial charge in [-0.2, -0.15) is 0 Å². The van der Waals surface area contributed by atoms with Gasteiger partial charge in [-0.1, -0.05) is 50.6 Å². The average molecular weight is 1750 g/mol. The van der Waals surface area contributed by atoms with Crippen LogP contribution in [0.25, 0.3) is 10.9 Å². The van der Waals surface area contributed by atoms with Crippen LogP contribution in [0.4, 0.5) is 0 Å². The number of primary amides is 1. The molecule has 0 bridgehead atoms. The lowest BCUT2D eigenvalue weighted by atomic mass is 10.00. The van der Waals surface area contributed by atoms with Crippen molar-refractivity contribution in [3.8, 4) is 5.75 Å². The first-order valence-corrected chi connectivity index (χ1v) is 42.0. The molecule has 3 saturated heterocycles. The van der Waals surface area contributed by atoms with E-state index in [2.05, 4.69) is 78.4 Å². The van der Waals surface area contributed by atoms with Crippen molar-refractivity contribution in [1.82, 2.24) is 97.9 Å². The number of guanidine groups is 1. The van der Waals surface area contributed by atoms with Crippen LogP contribution in [-0.4, -0.2) is 338 Å². The minimum atomic E-state index is -1.87. The van der Waals surface area contributed by atoms with Gasteiger partial charge in [0, 0.05) is 140 Å². The molecule has 44 nitrogen and oxygen atoms in total. The number of H-pyrrole nitrogens is 2. The highest BCUT2D eigenvalue weighted by Gasteiger charge is 2.41. The van der Waals surface area contributed by atoms with Crippen LogP contribution >= 0.6 is 0 Å². The van der Waals surface area contributed by atoms with Gasteiger partial charge in [0.15, 0.2) is 5.96 Å². The monoisotopic (exact) mass is 1750 g/mol. The third-order valence-corrected chi connectivity index (χ3v) is 21.3. The van der Waals surface area contributed by atoms with Gasteiger partial charge in [0.25, 0.3) is 0 Å². The largest absolute Gasteiger partial charge is 0.508 e. The Morgan fingerprint density at radius 2 is 1.07 bits per heavy atom. The number of carboxylic acids is 3. The zero-order valence-corrected chi connectivity index (χ0v) is 70.5. The van der Waals surface area contributed by atoms with E-state index in [0.717, 1.165) is 0 Å². The number of para-hydroxylation sites is 1. The first-order valence-electron chi connectivity index (χ1n) is 42.0. The molecule has 3 aliphatic heterocycles. The number of carbonyl (C=O) groups is 16. The lowest BCUT2D eigenvalue weighted by Crippen LogP contribution is -2.61. The molecule has 0 saturated carbocycles. The number of phenols is 1. The lowest BCUT2D eigenvalue weighted by Gasteiger charge is -2.32. The lowest BCUT2D eigenvalue weighted by molar-refractivity contribution is -0.142. The predicted octanol–water partition coefficient (Wildman–Crippen LogP) is -5.58. The highest BCUT2D eigenvalue weighted by Crippen LogP contribution is 2.23. The summed E-state index contributed by atoms with van der Waals surface area (Å²) in [6, 6.07) is -0.165. The summed E-state index contributed by atoms with van der Waals surface area (Å²) in [5, 5.41) is 80.2. The van der Waals surface area contributed by atoms with E-state index < -0.39 is 145 Å². The zero-order valence-electron chi connectivity index (χ0n) is 70.5. The van der Waals surface area contributed by atoms with Crippen LogP contribution in [0.2, 0.25) is 0 Å². The molecule has 2 aromatic heterocycles. The predicted molar refractivity (Wildman–Crippen MR) is 451 cm³/mol. The quantitative estimate of drug-likeness (QED) is 0.0111. The number of unbranched alkanes of at least 4 members (excludes halogenated alkanes) is 3. The highest BCUT2D eigenvalue weighted by atomic mass is 16.4. The molecule has 2 aromatic carbocycles. The van der Waals surface area contributed by atoms with E-state index in [9.17, 15) is 92.7 Å². The van der Waals surface area contributed by atoms with Crippen LogP contribution in [0.1, 0.15) is 121 Å². The average Bonchev–Trinajstić information content (AvgIpc) is 1.68. The molecule has 0 unspecified atom stereocenters. The maximum absolute atomic E-state index is 15.2. The number of nitrogens with zero attached hydrogens (tertiary/aromatic N) is 7. The summed E-state index contributed by atoms with van der Waals surface area (Å²) < 4.78 is 0. The van der Waals surface area contributed by atoms with Gasteiger partial charge in [0.2, 0.25) is 76.8 Å². The van der Waals surface area contributed by atoms with Crippen molar-refractivity contribution < 1.29 is 102 Å². The van der Waals surface area contributed by atoms with Gasteiger partial charge < -0.3 is 116 Å². The number of nitrogens with two attached hydrogens (primary N) is 3. The van der Waals surface area contributed by atoms with Crippen molar-refractivity contribution in [2.75, 3.05) is 118 Å². The van der Waals surface area contributed by atoms with Gasteiger partial charge in [-0.05, 0) is 106 Å². The third-order valence-electron chi connectivity index (χ3n) is 21.3. The molecule has 686 valence electrons. The number of aliphatic hydroxyl groups is 1. The molecular weight excluding hydrogens is 1630 g/mol. The number of nitrogens with one attached hydrogen (secondary N) is 13. The number of carbonyl (C=O) groups excluding carboxylic acids is 13. The number of aliphatic carboxylic acids is 3. The van der Waals surface area contributed by atoms with Gasteiger partial charge in [0.05, 0.1) is 45.7 Å². The summed E-state index contributed by atoms with van der Waals surface area (Å²) in [5.41, 5.74) is 18.5. The highest BCUT2D eigenvalue weighted by molar-refractivity contribution is 6.00. The summed E-state index contributed by atoms with van der Waals surface area (Å²) in [4.78, 5) is 239. The van der Waals surface area contributed by atoms with E-state index in [1.54, 1.807) is 63.9 Å².